The molecule has 2 nitrogen and oxygen atoms in total. The molecule has 24 heavy (non-hydrogen) atoms. The van der Waals surface area contributed by atoms with Crippen LogP contribution in [0.2, 0.25) is 0 Å². The van der Waals surface area contributed by atoms with E-state index in [1.807, 2.05) is 5.92 Å². The number of aliphatic imine (C=N–C) groups is 1. The maximum atomic E-state index is 14.3. The predicted octanol–water partition coefficient (Wildman–Crippen LogP) is 4.42. The van der Waals surface area contributed by atoms with Gasteiger partial charge in [-0.3, -0.25) is 4.99 Å². The Kier molecular flexibility index (Phi) is 3.96. The van der Waals surface area contributed by atoms with Crippen LogP contribution in [-0.4, -0.2) is 18.5 Å². The van der Waals surface area contributed by atoms with Crippen molar-refractivity contribution in [3.63, 3.8) is 0 Å². The van der Waals surface area contributed by atoms with Crippen LogP contribution >= 0.6 is 0 Å². The first kappa shape index (κ1) is 16.7. The van der Waals surface area contributed by atoms with E-state index in [1.165, 1.54) is 0 Å². The molecule has 2 aliphatic rings. The van der Waals surface area contributed by atoms with Gasteiger partial charge in [-0.2, -0.15) is 13.2 Å². The lowest BCUT2D eigenvalue weighted by Gasteiger charge is -2.32. The summed E-state index contributed by atoms with van der Waals surface area (Å²) < 4.78 is 74.9. The number of fused-ring (bicyclic) bond motifs is 1. The first-order valence-corrected chi connectivity index (χ1v) is 7.21. The van der Waals surface area contributed by atoms with Crippen molar-refractivity contribution in [1.82, 2.24) is 0 Å². The van der Waals surface area contributed by atoms with Crippen molar-refractivity contribution >= 4 is 11.9 Å². The van der Waals surface area contributed by atoms with Gasteiger partial charge >= 0.3 is 6.18 Å². The van der Waals surface area contributed by atoms with Crippen molar-refractivity contribution in [2.24, 2.45) is 10.9 Å². The van der Waals surface area contributed by atoms with Crippen LogP contribution < -0.4 is 0 Å². The zero-order valence-corrected chi connectivity index (χ0v) is 12.3. The lowest BCUT2D eigenvalue weighted by molar-refractivity contribution is -0.261. The highest BCUT2D eigenvalue weighted by Crippen LogP contribution is 2.49. The molecule has 0 spiro atoms. The van der Waals surface area contributed by atoms with Crippen molar-refractivity contribution in [3.8, 4) is 11.8 Å². The van der Waals surface area contributed by atoms with Crippen molar-refractivity contribution in [3.05, 3.63) is 42.0 Å². The summed E-state index contributed by atoms with van der Waals surface area (Å²) >= 11 is 0. The standard InChI is InChI=1S/C17H12F5NO/c1-2-11-9-23-13-6-5-12(18)15(19)14(13)16(24-11,17(20,21)22)8-7-10-3-4-10/h2,5-6,9-11H,1,3-4H2. The lowest BCUT2D eigenvalue weighted by atomic mass is 9.90. The minimum atomic E-state index is -5.10. The van der Waals surface area contributed by atoms with Gasteiger partial charge in [-0.15, -0.1) is 6.58 Å². The van der Waals surface area contributed by atoms with E-state index in [2.05, 4.69) is 17.5 Å². The molecule has 0 aromatic heterocycles. The molecule has 1 fully saturated rings. The van der Waals surface area contributed by atoms with E-state index in [0.29, 0.717) is 12.8 Å². The molecule has 126 valence electrons. The second-order valence-corrected chi connectivity index (χ2v) is 5.57. The number of benzene rings is 1. The largest absolute Gasteiger partial charge is 0.433 e. The molecule has 0 bridgehead atoms. The van der Waals surface area contributed by atoms with Crippen LogP contribution in [0.25, 0.3) is 0 Å². The topological polar surface area (TPSA) is 21.6 Å². The molecule has 7 heteroatoms. The number of nitrogens with zero attached hydrogens (tertiary/aromatic N) is 1. The summed E-state index contributed by atoms with van der Waals surface area (Å²) in [7, 11) is 0. The van der Waals surface area contributed by atoms with Gasteiger partial charge in [0.25, 0.3) is 5.60 Å². The fraction of sp³-hybridized carbons (Fsp3) is 0.353. The Labute approximate surface area is 135 Å². The molecule has 0 saturated heterocycles. The molecule has 1 saturated carbocycles. The first-order valence-electron chi connectivity index (χ1n) is 7.21. The summed E-state index contributed by atoms with van der Waals surface area (Å²) in [5.41, 5.74) is -4.74. The van der Waals surface area contributed by atoms with Crippen LogP contribution in [0, 0.1) is 29.4 Å². The van der Waals surface area contributed by atoms with E-state index in [-0.39, 0.29) is 11.6 Å². The molecule has 2 atom stereocenters. The smallest absolute Gasteiger partial charge is 0.337 e. The maximum Gasteiger partial charge on any atom is 0.433 e. The zero-order chi connectivity index (χ0) is 17.5. The third kappa shape index (κ3) is 2.71. The second kappa shape index (κ2) is 5.71. The molecule has 2 unspecified atom stereocenters. The van der Waals surface area contributed by atoms with Crippen LogP contribution in [0.4, 0.5) is 27.6 Å². The Bertz CT molecular complexity index is 770. The first-order chi connectivity index (χ1) is 11.3. The summed E-state index contributed by atoms with van der Waals surface area (Å²) in [5, 5.41) is 0. The average Bonchev–Trinajstić information content (AvgIpc) is 3.34. The third-order valence-corrected chi connectivity index (χ3v) is 3.76. The molecular formula is C17H12F5NO. The van der Waals surface area contributed by atoms with E-state index >= 15 is 0 Å². The summed E-state index contributed by atoms with van der Waals surface area (Å²) in [6.45, 7) is 3.38. The summed E-state index contributed by atoms with van der Waals surface area (Å²) in [5.74, 6) is 1.20. The highest BCUT2D eigenvalue weighted by atomic mass is 19.4. The second-order valence-electron chi connectivity index (χ2n) is 5.57. The minimum Gasteiger partial charge on any atom is -0.337 e. The van der Waals surface area contributed by atoms with Gasteiger partial charge in [0, 0.05) is 12.1 Å². The molecule has 0 radical (unpaired) electrons. The summed E-state index contributed by atoms with van der Waals surface area (Å²) in [6, 6.07) is 1.69. The lowest BCUT2D eigenvalue weighted by Crippen LogP contribution is -2.46. The van der Waals surface area contributed by atoms with E-state index in [4.69, 9.17) is 4.74 Å². The van der Waals surface area contributed by atoms with E-state index in [0.717, 1.165) is 24.4 Å². The Hall–Kier alpha value is -2.20. The molecule has 1 aromatic carbocycles. The zero-order valence-electron chi connectivity index (χ0n) is 12.3. The third-order valence-electron chi connectivity index (χ3n) is 3.76. The van der Waals surface area contributed by atoms with Crippen LogP contribution in [0.15, 0.2) is 29.8 Å². The van der Waals surface area contributed by atoms with Crippen molar-refractivity contribution in [2.45, 2.75) is 30.7 Å². The molecule has 0 amide bonds. The molecule has 0 N–H and O–H groups in total. The highest BCUT2D eigenvalue weighted by molar-refractivity contribution is 5.73. The van der Waals surface area contributed by atoms with Gasteiger partial charge in [0.1, 0.15) is 6.10 Å². The van der Waals surface area contributed by atoms with Crippen LogP contribution in [-0.2, 0) is 10.3 Å². The summed E-state index contributed by atoms with van der Waals surface area (Å²) in [4.78, 5) is 3.80. The minimum absolute atomic E-state index is 0.195. The predicted molar refractivity (Wildman–Crippen MR) is 77.8 cm³/mol. The van der Waals surface area contributed by atoms with Crippen LogP contribution in [0.5, 0.6) is 0 Å². The number of hydrogen-bond acceptors (Lipinski definition) is 2. The fourth-order valence-corrected chi connectivity index (χ4v) is 2.34. The fourth-order valence-electron chi connectivity index (χ4n) is 2.34. The van der Waals surface area contributed by atoms with Crippen molar-refractivity contribution in [2.75, 3.05) is 0 Å². The van der Waals surface area contributed by atoms with Gasteiger partial charge in [0.2, 0.25) is 0 Å². The number of rotatable bonds is 1. The quantitative estimate of drug-likeness (QED) is 0.421. The van der Waals surface area contributed by atoms with Crippen LogP contribution in [0.1, 0.15) is 18.4 Å². The Balaban J connectivity index is 2.32. The highest BCUT2D eigenvalue weighted by Gasteiger charge is 2.61. The molecular weight excluding hydrogens is 329 g/mol. The van der Waals surface area contributed by atoms with Gasteiger partial charge in [-0.05, 0) is 25.0 Å². The molecule has 3 rings (SSSR count). The van der Waals surface area contributed by atoms with Gasteiger partial charge in [0.05, 0.1) is 11.3 Å². The number of ether oxygens (including phenoxy) is 1. The molecule has 1 aliphatic carbocycles. The van der Waals surface area contributed by atoms with E-state index in [9.17, 15) is 22.0 Å². The molecule has 1 aromatic rings. The number of hydrogen-bond donors (Lipinski definition) is 0. The molecule has 1 heterocycles. The van der Waals surface area contributed by atoms with E-state index < -0.39 is 35.1 Å². The van der Waals surface area contributed by atoms with E-state index in [1.54, 1.807) is 0 Å². The van der Waals surface area contributed by atoms with Gasteiger partial charge < -0.3 is 4.74 Å². The van der Waals surface area contributed by atoms with Crippen LogP contribution in [0.3, 0.4) is 0 Å². The number of alkyl halides is 3. The van der Waals surface area contributed by atoms with Gasteiger partial charge in [0.15, 0.2) is 11.6 Å². The maximum absolute atomic E-state index is 14.3. The van der Waals surface area contributed by atoms with Crippen molar-refractivity contribution < 1.29 is 26.7 Å². The Morgan fingerprint density at radius 2 is 2.00 bits per heavy atom. The van der Waals surface area contributed by atoms with Crippen molar-refractivity contribution in [1.29, 1.82) is 0 Å². The normalized spacial score (nSPS) is 26.1. The SMILES string of the molecule is C=CC1C=Nc2ccc(F)c(F)c2C(C#CC2CC2)(C(F)(F)F)O1. The Morgan fingerprint density at radius 1 is 1.29 bits per heavy atom. The monoisotopic (exact) mass is 341 g/mol. The van der Waals surface area contributed by atoms with Gasteiger partial charge in [-0.1, -0.05) is 17.9 Å². The summed E-state index contributed by atoms with van der Waals surface area (Å²) in [6.07, 6.45) is -2.89. The average molecular weight is 341 g/mol. The molecule has 1 aliphatic heterocycles. The number of halogens is 5. The Morgan fingerprint density at radius 3 is 2.58 bits per heavy atom. The van der Waals surface area contributed by atoms with Gasteiger partial charge in [-0.25, -0.2) is 8.78 Å².